The first-order valence-corrected chi connectivity index (χ1v) is 7.74. The van der Waals surface area contributed by atoms with Crippen molar-refractivity contribution in [3.05, 3.63) is 70.0 Å². The van der Waals surface area contributed by atoms with Gasteiger partial charge in [-0.05, 0) is 45.0 Å². The first kappa shape index (κ1) is 14.1. The number of aryl methyl sites for hydroxylation is 2. The molecule has 0 spiro atoms. The van der Waals surface area contributed by atoms with Gasteiger partial charge in [0, 0.05) is 21.4 Å². The Morgan fingerprint density at radius 2 is 1.48 bits per heavy atom. The summed E-state index contributed by atoms with van der Waals surface area (Å²) in [4.78, 5) is 4.76. The molecule has 21 heavy (non-hydrogen) atoms. The molecule has 0 amide bonds. The highest BCUT2D eigenvalue weighted by Crippen LogP contribution is 2.27. The molecule has 3 aromatic rings. The molecule has 0 aliphatic rings. The summed E-state index contributed by atoms with van der Waals surface area (Å²) < 4.78 is 3.30. The van der Waals surface area contributed by atoms with E-state index in [9.17, 15) is 0 Å². The fourth-order valence-corrected chi connectivity index (χ4v) is 2.68. The minimum Gasteiger partial charge on any atom is -0.297 e. The lowest BCUT2D eigenvalue weighted by Crippen LogP contribution is -1.99. The van der Waals surface area contributed by atoms with Crippen LogP contribution in [-0.2, 0) is 0 Å². The van der Waals surface area contributed by atoms with E-state index in [4.69, 9.17) is 4.98 Å². The molecule has 0 unspecified atom stereocenters. The van der Waals surface area contributed by atoms with Gasteiger partial charge in [-0.3, -0.25) is 4.57 Å². The van der Waals surface area contributed by atoms with Crippen LogP contribution in [0.2, 0.25) is 0 Å². The average molecular weight is 341 g/mol. The van der Waals surface area contributed by atoms with Gasteiger partial charge >= 0.3 is 0 Å². The standard InChI is InChI=1S/C18H17BrN2/c1-12-4-10-17(11-5-12)21-14(3)13(2)20-18(21)15-6-8-16(19)9-7-15/h4-11H,1-3H3. The van der Waals surface area contributed by atoms with Crippen LogP contribution in [0.15, 0.2) is 53.0 Å². The molecule has 0 saturated carbocycles. The van der Waals surface area contributed by atoms with E-state index in [0.29, 0.717) is 0 Å². The van der Waals surface area contributed by atoms with E-state index < -0.39 is 0 Å². The van der Waals surface area contributed by atoms with Gasteiger partial charge in [-0.15, -0.1) is 0 Å². The van der Waals surface area contributed by atoms with Gasteiger partial charge < -0.3 is 0 Å². The van der Waals surface area contributed by atoms with Crippen LogP contribution in [0, 0.1) is 20.8 Å². The number of aromatic nitrogens is 2. The second kappa shape index (κ2) is 5.49. The van der Waals surface area contributed by atoms with Crippen molar-refractivity contribution in [1.29, 1.82) is 0 Å². The number of hydrogen-bond acceptors (Lipinski definition) is 1. The van der Waals surface area contributed by atoms with Crippen molar-refractivity contribution in [3.8, 4) is 17.1 Å². The third-order valence-electron chi connectivity index (χ3n) is 3.74. The number of rotatable bonds is 2. The Hall–Kier alpha value is -1.87. The van der Waals surface area contributed by atoms with Gasteiger partial charge in [0.2, 0.25) is 0 Å². The maximum atomic E-state index is 4.76. The zero-order valence-electron chi connectivity index (χ0n) is 12.4. The molecule has 2 nitrogen and oxygen atoms in total. The first-order chi connectivity index (χ1) is 10.1. The minimum atomic E-state index is 0.987. The molecule has 2 aromatic carbocycles. The Kier molecular flexibility index (Phi) is 3.68. The molecular formula is C18H17BrN2. The summed E-state index contributed by atoms with van der Waals surface area (Å²) in [6, 6.07) is 16.8. The van der Waals surface area contributed by atoms with Crippen molar-refractivity contribution in [2.75, 3.05) is 0 Å². The lowest BCUT2D eigenvalue weighted by molar-refractivity contribution is 1.01. The van der Waals surface area contributed by atoms with Gasteiger partial charge in [0.25, 0.3) is 0 Å². The predicted molar refractivity (Wildman–Crippen MR) is 90.9 cm³/mol. The van der Waals surface area contributed by atoms with Crippen molar-refractivity contribution < 1.29 is 0 Å². The molecule has 1 heterocycles. The van der Waals surface area contributed by atoms with Crippen LogP contribution in [0.3, 0.4) is 0 Å². The Morgan fingerprint density at radius 1 is 0.857 bits per heavy atom. The summed E-state index contributed by atoms with van der Waals surface area (Å²) in [5, 5.41) is 0. The van der Waals surface area contributed by atoms with E-state index in [2.05, 4.69) is 77.7 Å². The van der Waals surface area contributed by atoms with E-state index >= 15 is 0 Å². The molecule has 0 N–H and O–H groups in total. The van der Waals surface area contributed by atoms with Crippen molar-refractivity contribution in [2.24, 2.45) is 0 Å². The Labute approximate surface area is 133 Å². The minimum absolute atomic E-state index is 0.987. The van der Waals surface area contributed by atoms with Crippen LogP contribution < -0.4 is 0 Å². The normalized spacial score (nSPS) is 10.9. The predicted octanol–water partition coefficient (Wildman–Crippen LogP) is 5.23. The summed E-state index contributed by atoms with van der Waals surface area (Å²) in [5.41, 5.74) is 5.77. The largest absolute Gasteiger partial charge is 0.297 e. The topological polar surface area (TPSA) is 17.8 Å². The molecule has 0 bridgehead atoms. The maximum Gasteiger partial charge on any atom is 0.145 e. The summed E-state index contributed by atoms with van der Waals surface area (Å²) in [6.07, 6.45) is 0. The molecular weight excluding hydrogens is 324 g/mol. The highest BCUT2D eigenvalue weighted by Gasteiger charge is 2.14. The Bertz CT molecular complexity index is 768. The lowest BCUT2D eigenvalue weighted by Gasteiger charge is -2.11. The first-order valence-electron chi connectivity index (χ1n) is 6.95. The van der Waals surface area contributed by atoms with Gasteiger partial charge in [0.05, 0.1) is 5.69 Å². The van der Waals surface area contributed by atoms with E-state index in [1.54, 1.807) is 0 Å². The van der Waals surface area contributed by atoms with Crippen LogP contribution in [0.4, 0.5) is 0 Å². The molecule has 0 atom stereocenters. The molecule has 3 rings (SSSR count). The van der Waals surface area contributed by atoms with Crippen LogP contribution in [0.25, 0.3) is 17.1 Å². The molecule has 0 saturated heterocycles. The zero-order valence-corrected chi connectivity index (χ0v) is 14.0. The molecule has 0 radical (unpaired) electrons. The summed E-state index contributed by atoms with van der Waals surface area (Å²) in [5.74, 6) is 0.987. The van der Waals surface area contributed by atoms with Crippen molar-refractivity contribution in [1.82, 2.24) is 9.55 Å². The fourth-order valence-electron chi connectivity index (χ4n) is 2.41. The molecule has 0 aliphatic carbocycles. The SMILES string of the molecule is Cc1ccc(-n2c(-c3ccc(Br)cc3)nc(C)c2C)cc1. The van der Waals surface area contributed by atoms with E-state index in [1.165, 1.54) is 11.3 Å². The average Bonchev–Trinajstić information content (AvgIpc) is 2.77. The molecule has 106 valence electrons. The highest BCUT2D eigenvalue weighted by atomic mass is 79.9. The van der Waals surface area contributed by atoms with E-state index in [0.717, 1.165) is 27.2 Å². The van der Waals surface area contributed by atoms with Crippen molar-refractivity contribution in [3.63, 3.8) is 0 Å². The highest BCUT2D eigenvalue weighted by molar-refractivity contribution is 9.10. The van der Waals surface area contributed by atoms with Crippen molar-refractivity contribution >= 4 is 15.9 Å². The van der Waals surface area contributed by atoms with Gasteiger partial charge in [0.1, 0.15) is 5.82 Å². The maximum absolute atomic E-state index is 4.76. The molecule has 0 fully saturated rings. The molecule has 3 heteroatoms. The van der Waals surface area contributed by atoms with Crippen LogP contribution >= 0.6 is 15.9 Å². The molecule has 1 aromatic heterocycles. The van der Waals surface area contributed by atoms with Gasteiger partial charge in [-0.25, -0.2) is 4.98 Å². The zero-order chi connectivity index (χ0) is 15.0. The third-order valence-corrected chi connectivity index (χ3v) is 4.27. The Morgan fingerprint density at radius 3 is 2.10 bits per heavy atom. The number of hydrogen-bond donors (Lipinski definition) is 0. The van der Waals surface area contributed by atoms with Crippen LogP contribution in [0.1, 0.15) is 17.0 Å². The summed E-state index contributed by atoms with van der Waals surface area (Å²) in [6.45, 7) is 6.28. The van der Waals surface area contributed by atoms with Gasteiger partial charge in [0.15, 0.2) is 0 Å². The van der Waals surface area contributed by atoms with Gasteiger partial charge in [-0.1, -0.05) is 45.8 Å². The Balaban J connectivity index is 2.20. The second-order valence-corrected chi connectivity index (χ2v) is 6.20. The summed E-state index contributed by atoms with van der Waals surface area (Å²) >= 11 is 3.48. The smallest absolute Gasteiger partial charge is 0.145 e. The van der Waals surface area contributed by atoms with E-state index in [-0.39, 0.29) is 0 Å². The molecule has 0 aliphatic heterocycles. The van der Waals surface area contributed by atoms with Crippen LogP contribution in [0.5, 0.6) is 0 Å². The number of nitrogens with zero attached hydrogens (tertiary/aromatic N) is 2. The number of benzene rings is 2. The fraction of sp³-hybridized carbons (Fsp3) is 0.167. The summed E-state index contributed by atoms with van der Waals surface area (Å²) in [7, 11) is 0. The number of imidazole rings is 1. The lowest BCUT2D eigenvalue weighted by atomic mass is 10.2. The van der Waals surface area contributed by atoms with Crippen LogP contribution in [-0.4, -0.2) is 9.55 Å². The third kappa shape index (κ3) is 2.66. The monoisotopic (exact) mass is 340 g/mol. The number of halogens is 1. The second-order valence-electron chi connectivity index (χ2n) is 5.28. The quantitative estimate of drug-likeness (QED) is 0.624. The van der Waals surface area contributed by atoms with Gasteiger partial charge in [-0.2, -0.15) is 0 Å². The van der Waals surface area contributed by atoms with Crippen molar-refractivity contribution in [2.45, 2.75) is 20.8 Å². The van der Waals surface area contributed by atoms with E-state index in [1.807, 2.05) is 12.1 Å².